The van der Waals surface area contributed by atoms with Crippen LogP contribution < -0.4 is 0 Å². The standard InChI is InChI=1S/C8H10N2O/c1-7-6-10(11-2)4-3-8(7)5-9/h3-4H,6H2,1-2H3. The molecule has 3 nitrogen and oxygen atoms in total. The molecule has 0 fully saturated rings. The van der Waals surface area contributed by atoms with Crippen LogP contribution >= 0.6 is 0 Å². The van der Waals surface area contributed by atoms with Gasteiger partial charge in [0.25, 0.3) is 0 Å². The molecule has 0 saturated carbocycles. The van der Waals surface area contributed by atoms with Crippen LogP contribution in [0.15, 0.2) is 23.4 Å². The highest BCUT2D eigenvalue weighted by molar-refractivity contribution is 5.39. The normalized spacial score (nSPS) is 17.0. The second-order valence-corrected chi connectivity index (χ2v) is 2.38. The van der Waals surface area contributed by atoms with Crippen LogP contribution in [0.2, 0.25) is 0 Å². The predicted octanol–water partition coefficient (Wildman–Crippen LogP) is 1.22. The monoisotopic (exact) mass is 150 g/mol. The maximum absolute atomic E-state index is 8.60. The third-order valence-corrected chi connectivity index (χ3v) is 1.62. The summed E-state index contributed by atoms with van der Waals surface area (Å²) in [5.41, 5.74) is 1.77. The van der Waals surface area contributed by atoms with E-state index in [-0.39, 0.29) is 0 Å². The lowest BCUT2D eigenvalue weighted by atomic mass is 10.1. The van der Waals surface area contributed by atoms with E-state index in [9.17, 15) is 0 Å². The van der Waals surface area contributed by atoms with Crippen molar-refractivity contribution in [2.75, 3.05) is 13.7 Å². The zero-order chi connectivity index (χ0) is 8.27. The Morgan fingerprint density at radius 1 is 1.73 bits per heavy atom. The highest BCUT2D eigenvalue weighted by atomic mass is 16.7. The zero-order valence-corrected chi connectivity index (χ0v) is 6.66. The molecule has 0 radical (unpaired) electrons. The van der Waals surface area contributed by atoms with E-state index in [1.54, 1.807) is 24.4 Å². The van der Waals surface area contributed by atoms with Crippen molar-refractivity contribution >= 4 is 0 Å². The van der Waals surface area contributed by atoms with Crippen LogP contribution in [-0.4, -0.2) is 18.7 Å². The molecule has 0 N–H and O–H groups in total. The molecule has 1 heterocycles. The Hall–Kier alpha value is -1.27. The molecule has 0 spiro atoms. The number of allylic oxidation sites excluding steroid dienone is 2. The van der Waals surface area contributed by atoms with Gasteiger partial charge in [0.05, 0.1) is 25.3 Å². The summed E-state index contributed by atoms with van der Waals surface area (Å²) in [5.74, 6) is 0. The van der Waals surface area contributed by atoms with Gasteiger partial charge in [-0.15, -0.1) is 0 Å². The van der Waals surface area contributed by atoms with Crippen LogP contribution in [-0.2, 0) is 4.84 Å². The van der Waals surface area contributed by atoms with Gasteiger partial charge in [-0.1, -0.05) is 0 Å². The smallest absolute Gasteiger partial charge is 0.0992 e. The van der Waals surface area contributed by atoms with Crippen LogP contribution in [0.4, 0.5) is 0 Å². The molecule has 58 valence electrons. The molecule has 0 bridgehead atoms. The molecular formula is C8H10N2O. The molecule has 0 aromatic rings. The SMILES string of the molecule is CON1C=CC(C#N)=C(C)C1. The highest BCUT2D eigenvalue weighted by Gasteiger charge is 2.08. The van der Waals surface area contributed by atoms with Crippen LogP contribution in [0.25, 0.3) is 0 Å². The molecule has 0 aromatic heterocycles. The molecule has 0 aliphatic carbocycles. The summed E-state index contributed by atoms with van der Waals surface area (Å²) in [7, 11) is 1.61. The lowest BCUT2D eigenvalue weighted by Gasteiger charge is -2.20. The Morgan fingerprint density at radius 2 is 2.45 bits per heavy atom. The highest BCUT2D eigenvalue weighted by Crippen LogP contribution is 2.13. The number of hydrogen-bond acceptors (Lipinski definition) is 3. The summed E-state index contributed by atoms with van der Waals surface area (Å²) in [5, 5.41) is 10.3. The summed E-state index contributed by atoms with van der Waals surface area (Å²) < 4.78 is 0. The number of rotatable bonds is 1. The van der Waals surface area contributed by atoms with Gasteiger partial charge in [-0.25, -0.2) is 0 Å². The van der Waals surface area contributed by atoms with E-state index in [0.717, 1.165) is 11.1 Å². The molecule has 1 aliphatic heterocycles. The van der Waals surface area contributed by atoms with E-state index >= 15 is 0 Å². The Labute approximate surface area is 66.1 Å². The first kappa shape index (κ1) is 7.83. The van der Waals surface area contributed by atoms with Gasteiger partial charge in [-0.05, 0) is 18.6 Å². The van der Waals surface area contributed by atoms with Crippen molar-refractivity contribution in [1.29, 1.82) is 5.26 Å². The van der Waals surface area contributed by atoms with Crippen LogP contribution in [0.3, 0.4) is 0 Å². The molecule has 0 saturated heterocycles. The van der Waals surface area contributed by atoms with Crippen molar-refractivity contribution in [2.45, 2.75) is 6.92 Å². The fourth-order valence-corrected chi connectivity index (χ4v) is 0.930. The quantitative estimate of drug-likeness (QED) is 0.563. The van der Waals surface area contributed by atoms with Crippen molar-refractivity contribution in [1.82, 2.24) is 5.06 Å². The van der Waals surface area contributed by atoms with E-state index in [1.165, 1.54) is 0 Å². The fraction of sp³-hybridized carbons (Fsp3) is 0.375. The van der Waals surface area contributed by atoms with Crippen molar-refractivity contribution in [2.24, 2.45) is 0 Å². The summed E-state index contributed by atoms with van der Waals surface area (Å²) in [6.45, 7) is 2.60. The topological polar surface area (TPSA) is 36.3 Å². The fourth-order valence-electron chi connectivity index (χ4n) is 0.930. The van der Waals surface area contributed by atoms with Crippen molar-refractivity contribution in [3.8, 4) is 6.07 Å². The van der Waals surface area contributed by atoms with Gasteiger partial charge in [0, 0.05) is 6.20 Å². The molecule has 0 unspecified atom stereocenters. The average Bonchev–Trinajstić information content (AvgIpc) is 2.04. The van der Waals surface area contributed by atoms with E-state index in [4.69, 9.17) is 10.1 Å². The van der Waals surface area contributed by atoms with Gasteiger partial charge in [0.1, 0.15) is 0 Å². The first-order valence-electron chi connectivity index (χ1n) is 3.36. The third-order valence-electron chi connectivity index (χ3n) is 1.62. The first-order chi connectivity index (χ1) is 5.27. The molecule has 0 amide bonds. The Kier molecular flexibility index (Phi) is 2.29. The second-order valence-electron chi connectivity index (χ2n) is 2.38. The van der Waals surface area contributed by atoms with E-state index < -0.39 is 0 Å². The Morgan fingerprint density at radius 3 is 2.91 bits per heavy atom. The van der Waals surface area contributed by atoms with Crippen molar-refractivity contribution in [3.63, 3.8) is 0 Å². The summed E-state index contributed by atoms with van der Waals surface area (Å²) in [6, 6.07) is 2.11. The predicted molar refractivity (Wildman–Crippen MR) is 41.2 cm³/mol. The Balaban J connectivity index is 2.76. The lowest BCUT2D eigenvalue weighted by molar-refractivity contribution is -0.0812. The zero-order valence-electron chi connectivity index (χ0n) is 6.66. The second kappa shape index (κ2) is 3.22. The molecule has 1 aliphatic rings. The first-order valence-corrected chi connectivity index (χ1v) is 3.36. The van der Waals surface area contributed by atoms with Gasteiger partial charge < -0.3 is 0 Å². The molecule has 11 heavy (non-hydrogen) atoms. The van der Waals surface area contributed by atoms with Crippen molar-refractivity contribution in [3.05, 3.63) is 23.4 Å². The maximum Gasteiger partial charge on any atom is 0.0992 e. The van der Waals surface area contributed by atoms with Gasteiger partial charge >= 0.3 is 0 Å². The summed E-state index contributed by atoms with van der Waals surface area (Å²) >= 11 is 0. The van der Waals surface area contributed by atoms with E-state index in [0.29, 0.717) is 6.54 Å². The minimum Gasteiger partial charge on any atom is -0.277 e. The van der Waals surface area contributed by atoms with Gasteiger partial charge in [0.15, 0.2) is 0 Å². The van der Waals surface area contributed by atoms with E-state index in [2.05, 4.69) is 6.07 Å². The number of hydroxylamine groups is 2. The molecular weight excluding hydrogens is 140 g/mol. The van der Waals surface area contributed by atoms with Crippen LogP contribution in [0.1, 0.15) is 6.92 Å². The molecule has 0 atom stereocenters. The number of nitrogens with zero attached hydrogens (tertiary/aromatic N) is 2. The molecule has 1 rings (SSSR count). The average molecular weight is 150 g/mol. The van der Waals surface area contributed by atoms with Crippen molar-refractivity contribution < 1.29 is 4.84 Å². The van der Waals surface area contributed by atoms with Gasteiger partial charge in [-0.2, -0.15) is 5.26 Å². The minimum absolute atomic E-state index is 0.676. The molecule has 3 heteroatoms. The Bertz CT molecular complexity index is 247. The van der Waals surface area contributed by atoms with Gasteiger partial charge in [-0.3, -0.25) is 9.90 Å². The van der Waals surface area contributed by atoms with Gasteiger partial charge in [0.2, 0.25) is 0 Å². The third kappa shape index (κ3) is 1.60. The van der Waals surface area contributed by atoms with E-state index in [1.807, 2.05) is 6.92 Å². The maximum atomic E-state index is 8.60. The molecule has 0 aromatic carbocycles. The summed E-state index contributed by atoms with van der Waals surface area (Å²) in [6.07, 6.45) is 3.51. The number of hydrogen-bond donors (Lipinski definition) is 0. The number of nitriles is 1. The lowest BCUT2D eigenvalue weighted by Crippen LogP contribution is -2.21. The summed E-state index contributed by atoms with van der Waals surface area (Å²) in [4.78, 5) is 4.96. The largest absolute Gasteiger partial charge is 0.277 e. The minimum atomic E-state index is 0.676. The van der Waals surface area contributed by atoms with Crippen LogP contribution in [0.5, 0.6) is 0 Å². The van der Waals surface area contributed by atoms with Crippen LogP contribution in [0, 0.1) is 11.3 Å².